The summed E-state index contributed by atoms with van der Waals surface area (Å²) in [6.45, 7) is 1.37. The summed E-state index contributed by atoms with van der Waals surface area (Å²) in [5, 5.41) is 15.9. The lowest BCUT2D eigenvalue weighted by Crippen LogP contribution is -2.21. The maximum atomic E-state index is 12.1. The Bertz CT molecular complexity index is 1230. The van der Waals surface area contributed by atoms with Gasteiger partial charge in [0.05, 0.1) is 11.3 Å². The van der Waals surface area contributed by atoms with Crippen LogP contribution in [0.15, 0.2) is 72.8 Å². The van der Waals surface area contributed by atoms with Crippen LogP contribution in [0, 0.1) is 17.0 Å². The molecule has 0 aliphatic carbocycles. The number of nitrogens with one attached hydrogen (secondary N) is 2. The van der Waals surface area contributed by atoms with Crippen molar-refractivity contribution in [2.24, 2.45) is 0 Å². The van der Waals surface area contributed by atoms with Gasteiger partial charge in [-0.1, -0.05) is 24.3 Å². The first-order valence-electron chi connectivity index (χ1n) is 10.6. The predicted molar refractivity (Wildman–Crippen MR) is 128 cm³/mol. The van der Waals surface area contributed by atoms with E-state index in [4.69, 9.17) is 9.47 Å². The Labute approximate surface area is 201 Å². The summed E-state index contributed by atoms with van der Waals surface area (Å²) in [6, 6.07) is 19.8. The maximum absolute atomic E-state index is 12.1. The molecule has 0 bridgehead atoms. The van der Waals surface area contributed by atoms with Crippen molar-refractivity contribution in [3.8, 4) is 11.5 Å². The number of para-hydroxylation sites is 1. The molecule has 10 nitrogen and oxygen atoms in total. The number of hydrogen-bond donors (Lipinski definition) is 2. The van der Waals surface area contributed by atoms with Crippen LogP contribution in [0.4, 0.5) is 17.1 Å². The molecular weight excluding hydrogens is 454 g/mol. The number of amides is 2. The molecule has 0 aliphatic rings. The molecule has 35 heavy (non-hydrogen) atoms. The summed E-state index contributed by atoms with van der Waals surface area (Å²) in [4.78, 5) is 46.1. The highest BCUT2D eigenvalue weighted by Gasteiger charge is 2.12. The number of rotatable bonds is 10. The highest BCUT2D eigenvalue weighted by atomic mass is 16.6. The predicted octanol–water partition coefficient (Wildman–Crippen LogP) is 4.60. The highest BCUT2D eigenvalue weighted by Crippen LogP contribution is 2.25. The fourth-order valence-corrected chi connectivity index (χ4v) is 2.96. The number of nitro groups is 1. The number of non-ortho nitro benzene ring substituents is 1. The molecule has 2 N–H and O–H groups in total. The van der Waals surface area contributed by atoms with Gasteiger partial charge in [-0.25, -0.2) is 0 Å². The van der Waals surface area contributed by atoms with E-state index >= 15 is 0 Å². The summed E-state index contributed by atoms with van der Waals surface area (Å²) in [5.41, 5.74) is 1.56. The van der Waals surface area contributed by atoms with Gasteiger partial charge in [0.1, 0.15) is 11.5 Å². The second-order valence-electron chi connectivity index (χ2n) is 7.46. The summed E-state index contributed by atoms with van der Waals surface area (Å²) in [5.74, 6) is -0.422. The third kappa shape index (κ3) is 7.97. The summed E-state index contributed by atoms with van der Waals surface area (Å²) >= 11 is 0. The van der Waals surface area contributed by atoms with Crippen LogP contribution in [0.3, 0.4) is 0 Å². The van der Waals surface area contributed by atoms with Crippen molar-refractivity contribution in [2.45, 2.75) is 19.8 Å². The zero-order valence-electron chi connectivity index (χ0n) is 18.9. The largest absolute Gasteiger partial charge is 0.457 e. The summed E-state index contributed by atoms with van der Waals surface area (Å²) < 4.78 is 10.7. The second kappa shape index (κ2) is 11.9. The Morgan fingerprint density at radius 2 is 1.57 bits per heavy atom. The molecule has 0 saturated carbocycles. The molecule has 0 atom stereocenters. The van der Waals surface area contributed by atoms with Crippen molar-refractivity contribution in [1.29, 1.82) is 0 Å². The Morgan fingerprint density at radius 1 is 0.857 bits per heavy atom. The molecule has 10 heteroatoms. The number of aryl methyl sites for hydroxylation is 1. The maximum Gasteiger partial charge on any atom is 0.306 e. The van der Waals surface area contributed by atoms with Crippen molar-refractivity contribution in [1.82, 2.24) is 0 Å². The molecule has 2 amide bonds. The minimum Gasteiger partial charge on any atom is -0.457 e. The van der Waals surface area contributed by atoms with E-state index in [2.05, 4.69) is 10.6 Å². The van der Waals surface area contributed by atoms with Crippen LogP contribution in [0.5, 0.6) is 11.5 Å². The molecule has 3 aromatic carbocycles. The average molecular weight is 477 g/mol. The molecule has 0 aliphatic heterocycles. The average Bonchev–Trinajstić information content (AvgIpc) is 2.84. The molecule has 0 aromatic heterocycles. The molecule has 0 spiro atoms. The van der Waals surface area contributed by atoms with E-state index in [0.29, 0.717) is 11.4 Å². The third-order valence-corrected chi connectivity index (χ3v) is 4.72. The first-order valence-corrected chi connectivity index (χ1v) is 10.6. The molecule has 180 valence electrons. The molecule has 0 heterocycles. The van der Waals surface area contributed by atoms with Crippen LogP contribution in [0.25, 0.3) is 0 Å². The van der Waals surface area contributed by atoms with E-state index in [9.17, 15) is 24.5 Å². The Kier molecular flexibility index (Phi) is 8.49. The van der Waals surface area contributed by atoms with Crippen molar-refractivity contribution in [3.63, 3.8) is 0 Å². The Morgan fingerprint density at radius 3 is 2.29 bits per heavy atom. The highest BCUT2D eigenvalue weighted by molar-refractivity contribution is 5.94. The molecule has 0 fully saturated rings. The molecule has 0 unspecified atom stereocenters. The molecule has 0 radical (unpaired) electrons. The van der Waals surface area contributed by atoms with Crippen LogP contribution in [-0.2, 0) is 19.1 Å². The molecule has 3 aromatic rings. The van der Waals surface area contributed by atoms with Crippen LogP contribution in [-0.4, -0.2) is 29.3 Å². The lowest BCUT2D eigenvalue weighted by molar-refractivity contribution is -0.384. The van der Waals surface area contributed by atoms with E-state index in [1.807, 2.05) is 31.2 Å². The quantitative estimate of drug-likeness (QED) is 0.247. The fraction of sp³-hybridized carbons (Fsp3) is 0.160. The van der Waals surface area contributed by atoms with Crippen molar-refractivity contribution < 1.29 is 28.8 Å². The van der Waals surface area contributed by atoms with E-state index in [-0.39, 0.29) is 24.2 Å². The zero-order chi connectivity index (χ0) is 25.2. The molecule has 3 rings (SSSR count). The normalized spacial score (nSPS) is 10.2. The van der Waals surface area contributed by atoms with E-state index in [0.717, 1.165) is 11.3 Å². The van der Waals surface area contributed by atoms with Crippen LogP contribution < -0.4 is 15.4 Å². The number of esters is 1. The number of anilines is 2. The number of carbonyl (C=O) groups is 3. The lowest BCUT2D eigenvalue weighted by Gasteiger charge is -2.10. The number of nitrogens with zero attached hydrogens (tertiary/aromatic N) is 1. The van der Waals surface area contributed by atoms with Crippen LogP contribution >= 0.6 is 0 Å². The van der Waals surface area contributed by atoms with Gasteiger partial charge in [0.15, 0.2) is 6.61 Å². The summed E-state index contributed by atoms with van der Waals surface area (Å²) in [7, 11) is 0. The monoisotopic (exact) mass is 477 g/mol. The summed E-state index contributed by atoms with van der Waals surface area (Å²) in [6.07, 6.45) is -0.350. The minimum atomic E-state index is -0.726. The SMILES string of the molecule is Cc1ccccc1Oc1ccc(NC(=O)CCC(=O)OCC(=O)Nc2cccc([N+](=O)[O-])c2)cc1. The first kappa shape index (κ1) is 24.9. The Balaban J connectivity index is 1.38. The standard InChI is InChI=1S/C25H23N3O7/c1-17-5-2-3-8-22(17)35-21-11-9-18(10-12-21)26-23(29)13-14-25(31)34-16-24(30)27-19-6-4-7-20(15-19)28(32)33/h2-12,15H,13-14,16H2,1H3,(H,26,29)(H,27,30). The van der Waals surface area contributed by atoms with Crippen molar-refractivity contribution in [2.75, 3.05) is 17.2 Å². The van der Waals surface area contributed by atoms with Gasteiger partial charge >= 0.3 is 5.97 Å². The number of nitro benzene ring substituents is 1. The van der Waals surface area contributed by atoms with E-state index in [1.165, 1.54) is 24.3 Å². The third-order valence-electron chi connectivity index (χ3n) is 4.72. The zero-order valence-corrected chi connectivity index (χ0v) is 18.9. The van der Waals surface area contributed by atoms with Crippen molar-refractivity contribution in [3.05, 3.63) is 88.5 Å². The van der Waals surface area contributed by atoms with E-state index < -0.39 is 29.3 Å². The Hall–Kier alpha value is -4.73. The van der Waals surface area contributed by atoms with Crippen molar-refractivity contribution >= 4 is 34.8 Å². The smallest absolute Gasteiger partial charge is 0.306 e. The van der Waals surface area contributed by atoms with Gasteiger partial charge in [-0.2, -0.15) is 0 Å². The van der Waals surface area contributed by atoms with Gasteiger partial charge in [0.25, 0.3) is 11.6 Å². The fourth-order valence-electron chi connectivity index (χ4n) is 2.96. The van der Waals surface area contributed by atoms with Gasteiger partial charge in [-0.15, -0.1) is 0 Å². The van der Waals surface area contributed by atoms with Gasteiger partial charge in [-0.3, -0.25) is 24.5 Å². The van der Waals surface area contributed by atoms with Gasteiger partial charge in [0.2, 0.25) is 5.91 Å². The molecule has 0 saturated heterocycles. The topological polar surface area (TPSA) is 137 Å². The number of carbonyl (C=O) groups excluding carboxylic acids is 3. The van der Waals surface area contributed by atoms with E-state index in [1.54, 1.807) is 24.3 Å². The van der Waals surface area contributed by atoms with Gasteiger partial charge < -0.3 is 20.1 Å². The first-order chi connectivity index (χ1) is 16.8. The van der Waals surface area contributed by atoms with Gasteiger partial charge in [-0.05, 0) is 48.9 Å². The number of benzene rings is 3. The van der Waals surface area contributed by atoms with Crippen LogP contribution in [0.1, 0.15) is 18.4 Å². The second-order valence-corrected chi connectivity index (χ2v) is 7.46. The number of ether oxygens (including phenoxy) is 2. The van der Waals surface area contributed by atoms with Crippen LogP contribution in [0.2, 0.25) is 0 Å². The number of hydrogen-bond acceptors (Lipinski definition) is 7. The lowest BCUT2D eigenvalue weighted by atomic mass is 10.2. The van der Waals surface area contributed by atoms with Gasteiger partial charge in [0, 0.05) is 29.9 Å². The minimum absolute atomic E-state index is 0.132. The molecular formula is C25H23N3O7.